The molecule has 0 spiro atoms. The molecule has 5 heteroatoms. The molecule has 19 heavy (non-hydrogen) atoms. The predicted octanol–water partition coefficient (Wildman–Crippen LogP) is 2.07. The van der Waals surface area contributed by atoms with E-state index in [0.29, 0.717) is 12.6 Å². The number of nitrogens with one attached hydrogen (secondary N) is 2. The molecule has 2 N–H and O–H groups in total. The molecule has 2 rings (SSSR count). The standard InChI is InChI=1S/C14H20BrN3O/c1-2-7-18(11-8-16-9-11)10-14(19)17-13-6-4-3-5-12(13)15/h3-6,11,16H,2,7-10H2,1H3,(H,17,19). The highest BCUT2D eigenvalue weighted by atomic mass is 79.9. The zero-order valence-electron chi connectivity index (χ0n) is 11.2. The zero-order valence-corrected chi connectivity index (χ0v) is 12.7. The minimum absolute atomic E-state index is 0.0484. The first-order chi connectivity index (χ1) is 9.20. The lowest BCUT2D eigenvalue weighted by Crippen LogP contribution is -2.58. The summed E-state index contributed by atoms with van der Waals surface area (Å²) in [5.74, 6) is 0.0484. The van der Waals surface area contributed by atoms with Crippen LogP contribution in [0.15, 0.2) is 28.7 Å². The molecule has 0 aliphatic carbocycles. The third kappa shape index (κ3) is 4.03. The van der Waals surface area contributed by atoms with E-state index in [1.807, 2.05) is 24.3 Å². The maximum atomic E-state index is 12.1. The van der Waals surface area contributed by atoms with Gasteiger partial charge in [0.2, 0.25) is 5.91 Å². The lowest BCUT2D eigenvalue weighted by Gasteiger charge is -2.37. The third-order valence-corrected chi connectivity index (χ3v) is 3.97. The smallest absolute Gasteiger partial charge is 0.238 e. The van der Waals surface area contributed by atoms with Gasteiger partial charge in [-0.2, -0.15) is 0 Å². The molecule has 104 valence electrons. The summed E-state index contributed by atoms with van der Waals surface area (Å²) >= 11 is 3.44. The second-order valence-corrected chi connectivity index (χ2v) is 5.66. The van der Waals surface area contributed by atoms with E-state index in [1.54, 1.807) is 0 Å². The Bertz CT molecular complexity index is 434. The van der Waals surface area contributed by atoms with Crippen LogP contribution in [0.25, 0.3) is 0 Å². The minimum Gasteiger partial charge on any atom is -0.324 e. The van der Waals surface area contributed by atoms with Gasteiger partial charge in [-0.1, -0.05) is 19.1 Å². The number of hydrogen-bond donors (Lipinski definition) is 2. The van der Waals surface area contributed by atoms with E-state index in [-0.39, 0.29) is 5.91 Å². The van der Waals surface area contributed by atoms with Gasteiger partial charge in [0, 0.05) is 23.6 Å². The molecule has 1 aromatic rings. The topological polar surface area (TPSA) is 44.4 Å². The first-order valence-corrected chi connectivity index (χ1v) is 7.49. The molecule has 1 aromatic carbocycles. The maximum Gasteiger partial charge on any atom is 0.238 e. The lowest BCUT2D eigenvalue weighted by atomic mass is 10.1. The van der Waals surface area contributed by atoms with E-state index in [1.165, 1.54) is 0 Å². The number of para-hydroxylation sites is 1. The van der Waals surface area contributed by atoms with E-state index in [4.69, 9.17) is 0 Å². The number of halogens is 1. The average molecular weight is 326 g/mol. The van der Waals surface area contributed by atoms with Crippen LogP contribution in [0.2, 0.25) is 0 Å². The van der Waals surface area contributed by atoms with Crippen LogP contribution < -0.4 is 10.6 Å². The monoisotopic (exact) mass is 325 g/mol. The summed E-state index contributed by atoms with van der Waals surface area (Å²) in [6, 6.07) is 8.18. The van der Waals surface area contributed by atoms with Crippen molar-refractivity contribution in [1.29, 1.82) is 0 Å². The quantitative estimate of drug-likeness (QED) is 0.841. The molecule has 0 saturated carbocycles. The first-order valence-electron chi connectivity index (χ1n) is 6.70. The molecule has 1 amide bonds. The Hall–Kier alpha value is -0.910. The van der Waals surface area contributed by atoms with Gasteiger partial charge in [-0.25, -0.2) is 0 Å². The zero-order chi connectivity index (χ0) is 13.7. The molecule has 0 bridgehead atoms. The van der Waals surface area contributed by atoms with Crippen LogP contribution in [-0.2, 0) is 4.79 Å². The van der Waals surface area contributed by atoms with Crippen molar-refractivity contribution in [2.45, 2.75) is 19.4 Å². The van der Waals surface area contributed by atoms with Gasteiger partial charge in [0.25, 0.3) is 0 Å². The van der Waals surface area contributed by atoms with Crippen molar-refractivity contribution >= 4 is 27.5 Å². The third-order valence-electron chi connectivity index (χ3n) is 3.28. The summed E-state index contributed by atoms with van der Waals surface area (Å²) in [7, 11) is 0. The van der Waals surface area contributed by atoms with Crippen molar-refractivity contribution in [2.24, 2.45) is 0 Å². The number of nitrogens with zero attached hydrogens (tertiary/aromatic N) is 1. The van der Waals surface area contributed by atoms with Crippen molar-refractivity contribution < 1.29 is 4.79 Å². The van der Waals surface area contributed by atoms with Crippen LogP contribution in [-0.4, -0.2) is 43.0 Å². The first kappa shape index (κ1) is 14.5. The molecule has 1 heterocycles. The summed E-state index contributed by atoms with van der Waals surface area (Å²) in [6.07, 6.45) is 1.07. The highest BCUT2D eigenvalue weighted by Gasteiger charge is 2.25. The number of rotatable bonds is 6. The summed E-state index contributed by atoms with van der Waals surface area (Å²) in [5.41, 5.74) is 0.829. The Morgan fingerprint density at radius 3 is 2.79 bits per heavy atom. The van der Waals surface area contributed by atoms with Crippen molar-refractivity contribution in [2.75, 3.05) is 31.5 Å². The molecule has 1 aliphatic rings. The molecule has 0 radical (unpaired) electrons. The highest BCUT2D eigenvalue weighted by Crippen LogP contribution is 2.21. The Kier molecular flexibility index (Phi) is 5.36. The molecule has 1 saturated heterocycles. The number of anilines is 1. The number of carbonyl (C=O) groups is 1. The van der Waals surface area contributed by atoms with E-state index in [0.717, 1.165) is 36.2 Å². The van der Waals surface area contributed by atoms with E-state index in [2.05, 4.69) is 38.4 Å². The van der Waals surface area contributed by atoms with Crippen molar-refractivity contribution in [1.82, 2.24) is 10.2 Å². The molecule has 0 unspecified atom stereocenters. The minimum atomic E-state index is 0.0484. The molecule has 1 aliphatic heterocycles. The van der Waals surface area contributed by atoms with Crippen LogP contribution in [0.3, 0.4) is 0 Å². The highest BCUT2D eigenvalue weighted by molar-refractivity contribution is 9.10. The van der Waals surface area contributed by atoms with Gasteiger partial charge in [0.15, 0.2) is 0 Å². The normalized spacial score (nSPS) is 15.3. The lowest BCUT2D eigenvalue weighted by molar-refractivity contribution is -0.118. The van der Waals surface area contributed by atoms with Gasteiger partial charge in [-0.05, 0) is 41.0 Å². The Morgan fingerprint density at radius 1 is 1.47 bits per heavy atom. The van der Waals surface area contributed by atoms with Gasteiger partial charge in [-0.15, -0.1) is 0 Å². The molecule has 1 fully saturated rings. The van der Waals surface area contributed by atoms with Crippen LogP contribution in [0.5, 0.6) is 0 Å². The van der Waals surface area contributed by atoms with Gasteiger partial charge in [-0.3, -0.25) is 9.69 Å². The number of benzene rings is 1. The van der Waals surface area contributed by atoms with Gasteiger partial charge in [0.1, 0.15) is 0 Å². The van der Waals surface area contributed by atoms with E-state index < -0.39 is 0 Å². The number of amides is 1. The Labute approximate surface area is 122 Å². The van der Waals surface area contributed by atoms with Crippen molar-refractivity contribution in [3.8, 4) is 0 Å². The summed E-state index contributed by atoms with van der Waals surface area (Å²) in [6.45, 7) is 5.55. The van der Waals surface area contributed by atoms with Crippen molar-refractivity contribution in [3.05, 3.63) is 28.7 Å². The van der Waals surface area contributed by atoms with Crippen molar-refractivity contribution in [3.63, 3.8) is 0 Å². The SMILES string of the molecule is CCCN(CC(=O)Nc1ccccc1Br)C1CNC1. The summed E-state index contributed by atoms with van der Waals surface area (Å²) in [4.78, 5) is 14.4. The fourth-order valence-electron chi connectivity index (χ4n) is 2.15. The average Bonchev–Trinajstić information content (AvgIpc) is 2.30. The van der Waals surface area contributed by atoms with Crippen LogP contribution in [0, 0.1) is 0 Å². The second-order valence-electron chi connectivity index (χ2n) is 4.81. The summed E-state index contributed by atoms with van der Waals surface area (Å²) in [5, 5.41) is 6.21. The van der Waals surface area contributed by atoms with E-state index >= 15 is 0 Å². The molecular formula is C14H20BrN3O. The second kappa shape index (κ2) is 7.03. The van der Waals surface area contributed by atoms with Gasteiger partial charge < -0.3 is 10.6 Å². The molecular weight excluding hydrogens is 306 g/mol. The summed E-state index contributed by atoms with van der Waals surface area (Å²) < 4.78 is 0.913. The van der Waals surface area contributed by atoms with E-state index in [9.17, 15) is 4.79 Å². The maximum absolute atomic E-state index is 12.1. The number of hydrogen-bond acceptors (Lipinski definition) is 3. The number of carbonyl (C=O) groups excluding carboxylic acids is 1. The van der Waals surface area contributed by atoms with Gasteiger partial charge in [0.05, 0.1) is 12.2 Å². The molecule has 4 nitrogen and oxygen atoms in total. The van der Waals surface area contributed by atoms with Crippen LogP contribution >= 0.6 is 15.9 Å². The molecule has 0 aromatic heterocycles. The largest absolute Gasteiger partial charge is 0.324 e. The van der Waals surface area contributed by atoms with Crippen LogP contribution in [0.1, 0.15) is 13.3 Å². The fraction of sp³-hybridized carbons (Fsp3) is 0.500. The molecule has 0 atom stereocenters. The fourth-order valence-corrected chi connectivity index (χ4v) is 2.53. The predicted molar refractivity (Wildman–Crippen MR) is 81.3 cm³/mol. The Balaban J connectivity index is 1.90. The van der Waals surface area contributed by atoms with Crippen LogP contribution in [0.4, 0.5) is 5.69 Å². The Morgan fingerprint density at radius 2 is 2.21 bits per heavy atom. The van der Waals surface area contributed by atoms with Gasteiger partial charge >= 0.3 is 0 Å².